The Morgan fingerprint density at radius 2 is 1.56 bits per heavy atom. The SMILES string of the molecule is COc1ccc([C@@]23C(=O)N(Nc4ccc(Cl)cc4Cl)C(=O)[C@@H]2C[C@@H]2C(=CC[C@@H]4C(=O)N(c5ccc(-c6nc7ccccc7o6)cc5)C(=O)[C@@H]42)[C@@H]3c2ccc(OC)cc2O)cc1. The molecular weight excluding hydrogens is 819 g/mol. The molecule has 1 saturated carbocycles. The van der Waals surface area contributed by atoms with Gasteiger partial charge in [0.05, 0.1) is 53.8 Å². The fourth-order valence-electron chi connectivity index (χ4n) is 10.1. The fourth-order valence-corrected chi connectivity index (χ4v) is 10.5. The number of halogens is 2. The number of benzene rings is 5. The largest absolute Gasteiger partial charge is 0.508 e. The smallest absolute Gasteiger partial charge is 0.260 e. The number of hydrogen-bond acceptors (Lipinski definition) is 10. The number of rotatable bonds is 8. The van der Waals surface area contributed by atoms with E-state index < -0.39 is 52.7 Å². The third-order valence-corrected chi connectivity index (χ3v) is 13.3. The summed E-state index contributed by atoms with van der Waals surface area (Å²) in [5.41, 5.74) is 5.54. The van der Waals surface area contributed by atoms with Crippen molar-refractivity contribution in [2.45, 2.75) is 24.2 Å². The van der Waals surface area contributed by atoms with E-state index in [9.17, 15) is 14.7 Å². The van der Waals surface area contributed by atoms with Gasteiger partial charge in [0.25, 0.3) is 11.8 Å². The van der Waals surface area contributed by atoms with Crippen molar-refractivity contribution in [2.75, 3.05) is 24.5 Å². The predicted octanol–water partition coefficient (Wildman–Crippen LogP) is 8.71. The Morgan fingerprint density at radius 1 is 0.820 bits per heavy atom. The molecule has 2 aliphatic heterocycles. The number of allylic oxidation sites excluding steroid dienone is 2. The number of carbonyl (C=O) groups excluding carboxylic acids is 4. The molecule has 0 bridgehead atoms. The number of phenols is 1. The molecule has 6 aromatic rings. The van der Waals surface area contributed by atoms with Crippen LogP contribution in [0.3, 0.4) is 0 Å². The molecule has 2 aliphatic carbocycles. The normalized spacial score (nSPS) is 24.4. The van der Waals surface area contributed by atoms with Gasteiger partial charge in [-0.3, -0.25) is 29.5 Å². The number of amides is 4. The number of oxazole rings is 1. The third kappa shape index (κ3) is 5.83. The number of nitrogens with one attached hydrogen (secondary N) is 1. The molecular formula is C47H36Cl2N4O8. The zero-order valence-electron chi connectivity index (χ0n) is 32.7. The quantitative estimate of drug-likeness (QED) is 0.112. The number of aromatic hydroxyl groups is 1. The van der Waals surface area contributed by atoms with Crippen LogP contribution in [-0.2, 0) is 24.6 Å². The molecule has 14 heteroatoms. The highest BCUT2D eigenvalue weighted by Crippen LogP contribution is 2.65. The van der Waals surface area contributed by atoms with Gasteiger partial charge in [-0.15, -0.1) is 0 Å². The third-order valence-electron chi connectivity index (χ3n) is 12.8. The Hall–Kier alpha value is -6.63. The van der Waals surface area contributed by atoms with E-state index >= 15 is 9.59 Å². The van der Waals surface area contributed by atoms with Crippen molar-refractivity contribution in [3.05, 3.63) is 142 Å². The Labute approximate surface area is 359 Å². The second-order valence-electron chi connectivity index (χ2n) is 15.7. The van der Waals surface area contributed by atoms with E-state index in [0.717, 1.165) is 5.01 Å². The number of fused-ring (bicyclic) bond motifs is 5. The first-order valence-electron chi connectivity index (χ1n) is 19.7. The Balaban J connectivity index is 1.09. The van der Waals surface area contributed by atoms with Crippen molar-refractivity contribution in [2.24, 2.45) is 23.7 Å². The molecule has 10 rings (SSSR count). The monoisotopic (exact) mass is 854 g/mol. The standard InChI is InChI=1S/C47H36Cl2N4O8/c1-59-28-14-9-25(10-15-28)47-34(44(56)53(46(47)58)51-36-20-11-26(48)21-35(36)49)23-33-30(41(47)31-17-16-29(60-2)22-38(31)54)18-19-32-40(33)45(57)52(43(32)55)27-12-7-24(8-13-27)42-50-37-5-3-4-6-39(37)61-42/h3-18,20-22,32-34,40-41,51,54H,19,23H2,1-2H3/t32-,33+,34-,40-,41+,47+/m0/s1. The number of methoxy groups -OCH3 is 2. The summed E-state index contributed by atoms with van der Waals surface area (Å²) in [7, 11) is 3.01. The van der Waals surface area contributed by atoms with Gasteiger partial charge in [-0.25, -0.2) is 4.98 Å². The van der Waals surface area contributed by atoms with Gasteiger partial charge in [-0.2, -0.15) is 5.01 Å². The van der Waals surface area contributed by atoms with Crippen LogP contribution < -0.4 is 19.8 Å². The van der Waals surface area contributed by atoms with E-state index in [0.29, 0.717) is 61.5 Å². The number of nitrogens with zero attached hydrogens (tertiary/aromatic N) is 3. The molecule has 5 aromatic carbocycles. The van der Waals surface area contributed by atoms with Crippen molar-refractivity contribution in [3.63, 3.8) is 0 Å². The van der Waals surface area contributed by atoms with Gasteiger partial charge >= 0.3 is 0 Å². The molecule has 1 aromatic heterocycles. The first-order valence-corrected chi connectivity index (χ1v) is 20.4. The number of anilines is 2. The predicted molar refractivity (Wildman–Crippen MR) is 227 cm³/mol. The van der Waals surface area contributed by atoms with Crippen molar-refractivity contribution >= 4 is 69.3 Å². The molecule has 0 spiro atoms. The summed E-state index contributed by atoms with van der Waals surface area (Å²) in [5.74, 6) is -5.08. The van der Waals surface area contributed by atoms with E-state index in [1.165, 1.54) is 31.3 Å². The maximum absolute atomic E-state index is 15.5. The van der Waals surface area contributed by atoms with Crippen molar-refractivity contribution in [1.82, 2.24) is 9.99 Å². The molecule has 2 saturated heterocycles. The van der Waals surface area contributed by atoms with Gasteiger partial charge < -0.3 is 19.0 Å². The zero-order chi connectivity index (χ0) is 42.3. The number of hydrazine groups is 1. The number of para-hydroxylation sites is 2. The van der Waals surface area contributed by atoms with Crippen LogP contribution in [0.5, 0.6) is 17.2 Å². The Kier molecular flexibility index (Phi) is 9.19. The van der Waals surface area contributed by atoms with E-state index in [2.05, 4.69) is 10.4 Å². The lowest BCUT2D eigenvalue weighted by atomic mass is 9.49. The Morgan fingerprint density at radius 3 is 2.26 bits per heavy atom. The summed E-state index contributed by atoms with van der Waals surface area (Å²) < 4.78 is 16.9. The maximum atomic E-state index is 15.5. The fraction of sp³-hybridized carbons (Fsp3) is 0.213. The van der Waals surface area contributed by atoms with Crippen molar-refractivity contribution in [3.8, 4) is 28.7 Å². The minimum Gasteiger partial charge on any atom is -0.508 e. The lowest BCUT2D eigenvalue weighted by Gasteiger charge is -2.50. The van der Waals surface area contributed by atoms with E-state index in [4.69, 9.17) is 37.1 Å². The molecule has 2 N–H and O–H groups in total. The molecule has 3 fully saturated rings. The maximum Gasteiger partial charge on any atom is 0.260 e. The summed E-state index contributed by atoms with van der Waals surface area (Å²) >= 11 is 12.8. The molecule has 6 atom stereocenters. The second-order valence-corrected chi connectivity index (χ2v) is 16.5. The van der Waals surface area contributed by atoms with Gasteiger partial charge in [0.2, 0.25) is 17.7 Å². The number of aromatic nitrogens is 1. The topological polar surface area (TPSA) is 152 Å². The number of ether oxygens (including phenoxy) is 2. The summed E-state index contributed by atoms with van der Waals surface area (Å²) in [4.78, 5) is 65.7. The van der Waals surface area contributed by atoms with Crippen LogP contribution in [0.1, 0.15) is 29.9 Å². The summed E-state index contributed by atoms with van der Waals surface area (Å²) in [6, 6.07) is 30.8. The summed E-state index contributed by atoms with van der Waals surface area (Å²) in [6.07, 6.45) is 2.17. The minimum absolute atomic E-state index is 0.0487. The highest BCUT2D eigenvalue weighted by molar-refractivity contribution is 6.36. The molecule has 0 radical (unpaired) electrons. The average Bonchev–Trinajstić information content (AvgIpc) is 3.89. The van der Waals surface area contributed by atoms with Gasteiger partial charge in [0.1, 0.15) is 22.8 Å². The van der Waals surface area contributed by atoms with Gasteiger partial charge in [-0.05, 0) is 97.1 Å². The molecule has 4 amide bonds. The van der Waals surface area contributed by atoms with Crippen LogP contribution in [0, 0.1) is 23.7 Å². The van der Waals surface area contributed by atoms with Crippen LogP contribution >= 0.6 is 23.2 Å². The van der Waals surface area contributed by atoms with Crippen LogP contribution in [0.25, 0.3) is 22.6 Å². The second kappa shape index (κ2) is 14.5. The number of carbonyl (C=O) groups is 4. The van der Waals surface area contributed by atoms with Crippen molar-refractivity contribution < 1.29 is 38.2 Å². The lowest BCUT2D eigenvalue weighted by molar-refractivity contribution is -0.138. The molecule has 306 valence electrons. The van der Waals surface area contributed by atoms with Crippen LogP contribution in [0.4, 0.5) is 11.4 Å². The molecule has 12 nitrogen and oxygen atoms in total. The van der Waals surface area contributed by atoms with Crippen LogP contribution in [-0.4, -0.2) is 52.9 Å². The van der Waals surface area contributed by atoms with E-state index in [1.54, 1.807) is 72.8 Å². The molecule has 0 unspecified atom stereocenters. The summed E-state index contributed by atoms with van der Waals surface area (Å²) in [6.45, 7) is 0. The number of phenolic OH excluding ortho intramolecular Hbond substituents is 1. The van der Waals surface area contributed by atoms with Gasteiger partial charge in [-0.1, -0.05) is 65.2 Å². The van der Waals surface area contributed by atoms with Crippen LogP contribution in [0.2, 0.25) is 10.0 Å². The van der Waals surface area contributed by atoms with E-state index in [1.807, 2.05) is 30.3 Å². The number of hydrogen-bond donors (Lipinski definition) is 2. The van der Waals surface area contributed by atoms with E-state index in [-0.39, 0.29) is 35.2 Å². The van der Waals surface area contributed by atoms with Crippen molar-refractivity contribution in [1.29, 1.82) is 0 Å². The highest BCUT2D eigenvalue weighted by Gasteiger charge is 2.70. The number of imide groups is 2. The van der Waals surface area contributed by atoms with Gasteiger partial charge in [0, 0.05) is 28.1 Å². The first kappa shape index (κ1) is 38.6. The van der Waals surface area contributed by atoms with Gasteiger partial charge in [0.15, 0.2) is 5.58 Å². The average molecular weight is 856 g/mol. The molecule has 61 heavy (non-hydrogen) atoms. The lowest BCUT2D eigenvalue weighted by Crippen LogP contribution is -2.53. The minimum atomic E-state index is -1.65. The van der Waals surface area contributed by atoms with Crippen LogP contribution in [0.15, 0.2) is 125 Å². The summed E-state index contributed by atoms with van der Waals surface area (Å²) in [5, 5.41) is 13.4. The molecule has 3 heterocycles. The molecule has 4 aliphatic rings. The first-order chi connectivity index (χ1) is 29.5. The zero-order valence-corrected chi connectivity index (χ0v) is 34.2. The highest BCUT2D eigenvalue weighted by atomic mass is 35.5. The Bertz CT molecular complexity index is 2810.